The van der Waals surface area contributed by atoms with Crippen molar-refractivity contribution < 1.29 is 0 Å². The van der Waals surface area contributed by atoms with Gasteiger partial charge in [-0.05, 0) is 19.1 Å². The summed E-state index contributed by atoms with van der Waals surface area (Å²) in [4.78, 5) is 8.08. The molecule has 1 aromatic rings. The molecule has 1 fully saturated rings. The van der Waals surface area contributed by atoms with E-state index in [0.29, 0.717) is 17.0 Å². The topological polar surface area (TPSA) is 63.8 Å². The van der Waals surface area contributed by atoms with E-state index in [1.807, 2.05) is 11.8 Å². The standard InChI is InChI=1S/C11H18N4S/c1-16-10-5-3-2-4-9(10)15-11-8(12)6-13-7-14-11/h6-7,9-10H,2-5,12H2,1H3,(H,13,14,15). The fraction of sp³-hybridized carbons (Fsp3) is 0.636. The molecule has 0 aliphatic heterocycles. The van der Waals surface area contributed by atoms with Gasteiger partial charge in [0.1, 0.15) is 6.33 Å². The lowest BCUT2D eigenvalue weighted by molar-refractivity contribution is 0.474. The third-order valence-electron chi connectivity index (χ3n) is 3.07. The van der Waals surface area contributed by atoms with Crippen molar-refractivity contribution in [3.8, 4) is 0 Å². The molecule has 1 aromatic heterocycles. The maximum atomic E-state index is 5.83. The summed E-state index contributed by atoms with van der Waals surface area (Å²) in [7, 11) is 0. The van der Waals surface area contributed by atoms with Crippen LogP contribution in [0.25, 0.3) is 0 Å². The highest BCUT2D eigenvalue weighted by atomic mass is 32.2. The quantitative estimate of drug-likeness (QED) is 0.844. The molecule has 2 atom stereocenters. The maximum Gasteiger partial charge on any atom is 0.152 e. The Labute approximate surface area is 100 Å². The second-order valence-electron chi connectivity index (χ2n) is 4.14. The van der Waals surface area contributed by atoms with Crippen molar-refractivity contribution in [3.63, 3.8) is 0 Å². The molecule has 0 bridgehead atoms. The molecule has 0 amide bonds. The number of hydrogen-bond donors (Lipinski definition) is 2. The molecule has 16 heavy (non-hydrogen) atoms. The minimum atomic E-state index is 0.487. The molecule has 4 nitrogen and oxygen atoms in total. The molecule has 2 rings (SSSR count). The van der Waals surface area contributed by atoms with E-state index in [4.69, 9.17) is 5.73 Å². The van der Waals surface area contributed by atoms with Crippen molar-refractivity contribution in [1.82, 2.24) is 9.97 Å². The summed E-state index contributed by atoms with van der Waals surface area (Å²) >= 11 is 1.93. The van der Waals surface area contributed by atoms with Crippen LogP contribution in [0.15, 0.2) is 12.5 Å². The summed E-state index contributed by atoms with van der Waals surface area (Å²) in [5.41, 5.74) is 6.46. The molecule has 0 radical (unpaired) electrons. The zero-order valence-electron chi connectivity index (χ0n) is 9.52. The number of nitrogen functional groups attached to an aromatic ring is 1. The minimum absolute atomic E-state index is 0.487. The molecule has 5 heteroatoms. The molecule has 2 unspecified atom stereocenters. The number of nitrogens with two attached hydrogens (primary N) is 1. The SMILES string of the molecule is CSC1CCCCC1Nc1ncncc1N. The Morgan fingerprint density at radius 1 is 1.44 bits per heavy atom. The zero-order valence-corrected chi connectivity index (χ0v) is 10.3. The van der Waals surface area contributed by atoms with Crippen molar-refractivity contribution in [1.29, 1.82) is 0 Å². The zero-order chi connectivity index (χ0) is 11.4. The van der Waals surface area contributed by atoms with Crippen LogP contribution in [0, 0.1) is 0 Å². The van der Waals surface area contributed by atoms with Crippen LogP contribution in [-0.4, -0.2) is 27.5 Å². The fourth-order valence-corrected chi connectivity index (χ4v) is 3.12. The third-order valence-corrected chi connectivity index (χ3v) is 4.24. The summed E-state index contributed by atoms with van der Waals surface area (Å²) in [6.07, 6.45) is 10.5. The van der Waals surface area contributed by atoms with Gasteiger partial charge < -0.3 is 11.1 Å². The van der Waals surface area contributed by atoms with Gasteiger partial charge in [0.05, 0.1) is 11.9 Å². The number of anilines is 2. The van der Waals surface area contributed by atoms with E-state index in [9.17, 15) is 0 Å². The van der Waals surface area contributed by atoms with Crippen LogP contribution < -0.4 is 11.1 Å². The van der Waals surface area contributed by atoms with Gasteiger partial charge in [0.2, 0.25) is 0 Å². The van der Waals surface area contributed by atoms with Crippen LogP contribution in [0.3, 0.4) is 0 Å². The Kier molecular flexibility index (Phi) is 3.88. The number of rotatable bonds is 3. The molecular weight excluding hydrogens is 220 g/mol. The molecule has 88 valence electrons. The van der Waals surface area contributed by atoms with Crippen LogP contribution in [0.5, 0.6) is 0 Å². The molecule has 1 aliphatic rings. The highest BCUT2D eigenvalue weighted by Gasteiger charge is 2.24. The highest BCUT2D eigenvalue weighted by molar-refractivity contribution is 7.99. The first-order valence-corrected chi connectivity index (χ1v) is 6.95. The molecule has 1 heterocycles. The smallest absolute Gasteiger partial charge is 0.152 e. The highest BCUT2D eigenvalue weighted by Crippen LogP contribution is 2.29. The van der Waals surface area contributed by atoms with Gasteiger partial charge in [-0.25, -0.2) is 9.97 Å². The van der Waals surface area contributed by atoms with E-state index >= 15 is 0 Å². The van der Waals surface area contributed by atoms with E-state index in [-0.39, 0.29) is 0 Å². The van der Waals surface area contributed by atoms with E-state index < -0.39 is 0 Å². The van der Waals surface area contributed by atoms with Gasteiger partial charge >= 0.3 is 0 Å². The number of nitrogens with zero attached hydrogens (tertiary/aromatic N) is 2. The Morgan fingerprint density at radius 3 is 3.00 bits per heavy atom. The van der Waals surface area contributed by atoms with E-state index in [1.54, 1.807) is 6.20 Å². The summed E-state index contributed by atoms with van der Waals surface area (Å²) < 4.78 is 0. The molecule has 3 N–H and O–H groups in total. The monoisotopic (exact) mass is 238 g/mol. The van der Waals surface area contributed by atoms with Crippen molar-refractivity contribution in [2.45, 2.75) is 37.0 Å². The molecule has 0 spiro atoms. The molecular formula is C11H18N4S. The van der Waals surface area contributed by atoms with Crippen molar-refractivity contribution in [2.24, 2.45) is 0 Å². The van der Waals surface area contributed by atoms with Crippen LogP contribution >= 0.6 is 11.8 Å². The van der Waals surface area contributed by atoms with Gasteiger partial charge in [0, 0.05) is 11.3 Å². The average molecular weight is 238 g/mol. The normalized spacial score (nSPS) is 25.3. The molecule has 1 aliphatic carbocycles. The molecule has 1 saturated carbocycles. The summed E-state index contributed by atoms with van der Waals surface area (Å²) in [6.45, 7) is 0. The van der Waals surface area contributed by atoms with Gasteiger partial charge in [0.15, 0.2) is 5.82 Å². The average Bonchev–Trinajstić information content (AvgIpc) is 2.33. The van der Waals surface area contributed by atoms with Crippen LogP contribution in [0.1, 0.15) is 25.7 Å². The lowest BCUT2D eigenvalue weighted by atomic mass is 9.95. The lowest BCUT2D eigenvalue weighted by Crippen LogP contribution is -2.34. The summed E-state index contributed by atoms with van der Waals surface area (Å²) in [5.74, 6) is 0.779. The maximum absolute atomic E-state index is 5.83. The first kappa shape index (κ1) is 11.5. The van der Waals surface area contributed by atoms with Crippen molar-refractivity contribution in [3.05, 3.63) is 12.5 Å². The predicted octanol–water partition coefficient (Wildman–Crippen LogP) is 2.14. The number of aromatic nitrogens is 2. The van der Waals surface area contributed by atoms with E-state index in [2.05, 4.69) is 21.5 Å². The number of thioether (sulfide) groups is 1. The molecule has 0 aromatic carbocycles. The Hall–Kier alpha value is -0.970. The van der Waals surface area contributed by atoms with Gasteiger partial charge in [-0.1, -0.05) is 12.8 Å². The van der Waals surface area contributed by atoms with Crippen molar-refractivity contribution >= 4 is 23.3 Å². The fourth-order valence-electron chi connectivity index (χ4n) is 2.18. The van der Waals surface area contributed by atoms with Gasteiger partial charge in [-0.2, -0.15) is 11.8 Å². The summed E-state index contributed by atoms with van der Waals surface area (Å²) in [6, 6.07) is 0.487. The van der Waals surface area contributed by atoms with Gasteiger partial charge in [-0.3, -0.25) is 0 Å². The van der Waals surface area contributed by atoms with Gasteiger partial charge in [-0.15, -0.1) is 0 Å². The van der Waals surface area contributed by atoms with E-state index in [1.165, 1.54) is 32.0 Å². The number of nitrogens with one attached hydrogen (secondary N) is 1. The first-order chi connectivity index (χ1) is 7.81. The largest absolute Gasteiger partial charge is 0.394 e. The second kappa shape index (κ2) is 5.39. The Bertz CT molecular complexity index is 345. The second-order valence-corrected chi connectivity index (χ2v) is 5.21. The van der Waals surface area contributed by atoms with Crippen LogP contribution in [-0.2, 0) is 0 Å². The Morgan fingerprint density at radius 2 is 2.25 bits per heavy atom. The summed E-state index contributed by atoms with van der Waals surface area (Å²) in [5, 5.41) is 4.12. The third kappa shape index (κ3) is 2.58. The molecule has 0 saturated heterocycles. The van der Waals surface area contributed by atoms with Gasteiger partial charge in [0.25, 0.3) is 0 Å². The number of hydrogen-bond acceptors (Lipinski definition) is 5. The van der Waals surface area contributed by atoms with Crippen LogP contribution in [0.2, 0.25) is 0 Å². The first-order valence-electron chi connectivity index (χ1n) is 5.66. The lowest BCUT2D eigenvalue weighted by Gasteiger charge is -2.31. The van der Waals surface area contributed by atoms with E-state index in [0.717, 1.165) is 5.82 Å². The Balaban J connectivity index is 2.05. The minimum Gasteiger partial charge on any atom is -0.394 e. The van der Waals surface area contributed by atoms with Crippen molar-refractivity contribution in [2.75, 3.05) is 17.3 Å². The predicted molar refractivity (Wildman–Crippen MR) is 69.6 cm³/mol. The van der Waals surface area contributed by atoms with Crippen LogP contribution in [0.4, 0.5) is 11.5 Å².